The van der Waals surface area contributed by atoms with E-state index in [1.807, 2.05) is 38.1 Å². The van der Waals surface area contributed by atoms with Crippen molar-refractivity contribution >= 4 is 11.7 Å². The Morgan fingerprint density at radius 1 is 1.20 bits per heavy atom. The minimum Gasteiger partial charge on any atom is -0.496 e. The average molecular weight is 339 g/mol. The van der Waals surface area contributed by atoms with Crippen molar-refractivity contribution in [1.29, 1.82) is 5.26 Å². The van der Waals surface area contributed by atoms with Gasteiger partial charge in [-0.15, -0.1) is 0 Å². The molecule has 0 unspecified atom stereocenters. The molecule has 2 amide bonds. The fourth-order valence-electron chi connectivity index (χ4n) is 2.24. The zero-order valence-electron chi connectivity index (χ0n) is 14.5. The lowest BCUT2D eigenvalue weighted by molar-refractivity contribution is 0.241. The zero-order valence-corrected chi connectivity index (χ0v) is 14.5. The molecular weight excluding hydrogens is 318 g/mol. The van der Waals surface area contributed by atoms with Gasteiger partial charge in [-0.25, -0.2) is 4.79 Å². The fourth-order valence-corrected chi connectivity index (χ4v) is 2.24. The van der Waals surface area contributed by atoms with Crippen LogP contribution in [0, 0.1) is 11.3 Å². The molecule has 0 bridgehead atoms. The first-order valence-electron chi connectivity index (χ1n) is 7.91. The summed E-state index contributed by atoms with van der Waals surface area (Å²) in [6.45, 7) is 4.10. The van der Waals surface area contributed by atoms with Crippen molar-refractivity contribution in [3.63, 3.8) is 0 Å². The third kappa shape index (κ3) is 5.15. The molecule has 0 aromatic heterocycles. The number of ether oxygens (including phenoxy) is 2. The Morgan fingerprint density at radius 3 is 2.64 bits per heavy atom. The third-order valence-corrected chi connectivity index (χ3v) is 3.35. The van der Waals surface area contributed by atoms with Crippen LogP contribution in [0.15, 0.2) is 42.5 Å². The van der Waals surface area contributed by atoms with Crippen molar-refractivity contribution in [3.05, 3.63) is 53.6 Å². The van der Waals surface area contributed by atoms with E-state index in [-0.39, 0.29) is 6.10 Å². The maximum Gasteiger partial charge on any atom is 0.319 e. The van der Waals surface area contributed by atoms with E-state index in [1.165, 1.54) is 0 Å². The maximum absolute atomic E-state index is 12.2. The number of nitrogens with zero attached hydrogens (tertiary/aromatic N) is 1. The SMILES string of the molecule is COc1ccccc1CNC(=O)Nc1cc(C#N)ccc1OC(C)C. The van der Waals surface area contributed by atoms with E-state index >= 15 is 0 Å². The molecule has 25 heavy (non-hydrogen) atoms. The molecule has 6 nitrogen and oxygen atoms in total. The number of anilines is 1. The molecule has 6 heteroatoms. The lowest BCUT2D eigenvalue weighted by atomic mass is 10.2. The second-order valence-electron chi connectivity index (χ2n) is 5.61. The first-order chi connectivity index (χ1) is 12.0. The van der Waals surface area contributed by atoms with Crippen LogP contribution in [-0.2, 0) is 6.54 Å². The Labute approximate surface area is 147 Å². The number of carbonyl (C=O) groups excluding carboxylic acids is 1. The largest absolute Gasteiger partial charge is 0.496 e. The topological polar surface area (TPSA) is 83.4 Å². The van der Waals surface area contributed by atoms with Gasteiger partial charge in [0, 0.05) is 12.1 Å². The summed E-state index contributed by atoms with van der Waals surface area (Å²) in [5.74, 6) is 1.22. The molecule has 0 aliphatic rings. The monoisotopic (exact) mass is 339 g/mol. The minimum atomic E-state index is -0.394. The van der Waals surface area contributed by atoms with Crippen molar-refractivity contribution in [2.24, 2.45) is 0 Å². The molecule has 0 spiro atoms. The smallest absolute Gasteiger partial charge is 0.319 e. The molecule has 2 aromatic rings. The molecule has 2 N–H and O–H groups in total. The van der Waals surface area contributed by atoms with Crippen molar-refractivity contribution in [2.75, 3.05) is 12.4 Å². The molecule has 0 aliphatic carbocycles. The maximum atomic E-state index is 12.2. The summed E-state index contributed by atoms with van der Waals surface area (Å²) < 4.78 is 10.9. The summed E-state index contributed by atoms with van der Waals surface area (Å²) in [5.41, 5.74) is 1.76. The summed E-state index contributed by atoms with van der Waals surface area (Å²) >= 11 is 0. The predicted octanol–water partition coefficient (Wildman–Crippen LogP) is 3.68. The van der Waals surface area contributed by atoms with E-state index in [1.54, 1.807) is 25.3 Å². The third-order valence-electron chi connectivity index (χ3n) is 3.35. The first kappa shape index (κ1) is 18.1. The van der Waals surface area contributed by atoms with Crippen LogP contribution >= 0.6 is 0 Å². The zero-order chi connectivity index (χ0) is 18.2. The highest BCUT2D eigenvalue weighted by molar-refractivity contribution is 5.91. The van der Waals surface area contributed by atoms with E-state index in [4.69, 9.17) is 14.7 Å². The van der Waals surface area contributed by atoms with E-state index in [9.17, 15) is 4.79 Å². The number of benzene rings is 2. The molecule has 2 aromatic carbocycles. The molecule has 2 rings (SSSR count). The van der Waals surface area contributed by atoms with Gasteiger partial charge in [0.05, 0.1) is 30.5 Å². The standard InChI is InChI=1S/C19H21N3O3/c1-13(2)25-18-9-8-14(11-20)10-16(18)22-19(23)21-12-15-6-4-5-7-17(15)24-3/h4-10,13H,12H2,1-3H3,(H2,21,22,23). The molecule has 0 aliphatic heterocycles. The number of carbonyl (C=O) groups is 1. The molecule has 0 fully saturated rings. The van der Waals surface area contributed by atoms with Gasteiger partial charge < -0.3 is 20.1 Å². The second kappa shape index (κ2) is 8.60. The highest BCUT2D eigenvalue weighted by Crippen LogP contribution is 2.26. The summed E-state index contributed by atoms with van der Waals surface area (Å²) in [6, 6.07) is 14.0. The number of amides is 2. The number of para-hydroxylation sites is 1. The lowest BCUT2D eigenvalue weighted by Gasteiger charge is -2.16. The number of hydrogen-bond acceptors (Lipinski definition) is 4. The number of hydrogen-bond donors (Lipinski definition) is 2. The highest BCUT2D eigenvalue weighted by Gasteiger charge is 2.11. The molecule has 0 radical (unpaired) electrons. The predicted molar refractivity (Wildman–Crippen MR) is 95.8 cm³/mol. The van der Waals surface area contributed by atoms with Crippen LogP contribution in [0.1, 0.15) is 25.0 Å². The average Bonchev–Trinajstić information content (AvgIpc) is 2.61. The van der Waals surface area contributed by atoms with E-state index in [0.717, 1.165) is 5.56 Å². The molecule has 0 saturated heterocycles. The van der Waals surface area contributed by atoms with Crippen LogP contribution in [0.3, 0.4) is 0 Å². The van der Waals surface area contributed by atoms with Crippen molar-refractivity contribution in [2.45, 2.75) is 26.5 Å². The summed E-state index contributed by atoms with van der Waals surface area (Å²) in [4.78, 5) is 12.2. The van der Waals surface area contributed by atoms with Crippen LogP contribution in [0.25, 0.3) is 0 Å². The summed E-state index contributed by atoms with van der Waals surface area (Å²) in [6.07, 6.45) is -0.0508. The summed E-state index contributed by atoms with van der Waals surface area (Å²) in [7, 11) is 1.59. The number of nitrogens with one attached hydrogen (secondary N) is 2. The Bertz CT molecular complexity index is 782. The van der Waals surface area contributed by atoms with Gasteiger partial charge in [-0.2, -0.15) is 5.26 Å². The van der Waals surface area contributed by atoms with Crippen LogP contribution < -0.4 is 20.1 Å². The first-order valence-corrected chi connectivity index (χ1v) is 7.91. The highest BCUT2D eigenvalue weighted by atomic mass is 16.5. The Morgan fingerprint density at radius 2 is 1.96 bits per heavy atom. The summed E-state index contributed by atoms with van der Waals surface area (Å²) in [5, 5.41) is 14.5. The lowest BCUT2D eigenvalue weighted by Crippen LogP contribution is -2.28. The van der Waals surface area contributed by atoms with Crippen LogP contribution in [-0.4, -0.2) is 19.2 Å². The Kier molecular flexibility index (Phi) is 6.24. The van der Waals surface area contributed by atoms with Gasteiger partial charge in [-0.05, 0) is 38.1 Å². The van der Waals surface area contributed by atoms with Crippen molar-refractivity contribution < 1.29 is 14.3 Å². The number of rotatable bonds is 6. The van der Waals surface area contributed by atoms with Crippen LogP contribution in [0.4, 0.5) is 10.5 Å². The Hall–Kier alpha value is -3.20. The van der Waals surface area contributed by atoms with Crippen molar-refractivity contribution in [3.8, 4) is 17.6 Å². The van der Waals surface area contributed by atoms with E-state index in [2.05, 4.69) is 16.7 Å². The van der Waals surface area contributed by atoms with Gasteiger partial charge in [0.25, 0.3) is 0 Å². The normalized spacial score (nSPS) is 10.0. The quantitative estimate of drug-likeness (QED) is 0.841. The van der Waals surface area contributed by atoms with Gasteiger partial charge in [0.15, 0.2) is 0 Å². The van der Waals surface area contributed by atoms with Crippen LogP contribution in [0.5, 0.6) is 11.5 Å². The van der Waals surface area contributed by atoms with E-state index < -0.39 is 6.03 Å². The molecule has 130 valence electrons. The van der Waals surface area contributed by atoms with Gasteiger partial charge in [0.2, 0.25) is 0 Å². The van der Waals surface area contributed by atoms with E-state index in [0.29, 0.717) is 29.3 Å². The van der Waals surface area contributed by atoms with Crippen molar-refractivity contribution in [1.82, 2.24) is 5.32 Å². The molecule has 0 atom stereocenters. The minimum absolute atomic E-state index is 0.0508. The van der Waals surface area contributed by atoms with Gasteiger partial charge in [-0.1, -0.05) is 18.2 Å². The fraction of sp³-hybridized carbons (Fsp3) is 0.263. The number of urea groups is 1. The Balaban J connectivity index is 2.08. The van der Waals surface area contributed by atoms with Gasteiger partial charge >= 0.3 is 6.03 Å². The van der Waals surface area contributed by atoms with Gasteiger partial charge in [-0.3, -0.25) is 0 Å². The van der Waals surface area contributed by atoms with Crippen LogP contribution in [0.2, 0.25) is 0 Å². The molecule has 0 saturated carbocycles. The number of methoxy groups -OCH3 is 1. The second-order valence-corrected chi connectivity index (χ2v) is 5.61. The molecular formula is C19H21N3O3. The van der Waals surface area contributed by atoms with Gasteiger partial charge in [0.1, 0.15) is 11.5 Å². The number of nitriles is 1. The molecule has 0 heterocycles.